The third kappa shape index (κ3) is 1.23. The van der Waals surface area contributed by atoms with Crippen molar-refractivity contribution < 1.29 is 0 Å². The molecule has 0 atom stereocenters. The van der Waals surface area contributed by atoms with E-state index in [4.69, 9.17) is 0 Å². The number of rotatable bonds is 0. The molecule has 1 radical (unpaired) electrons. The van der Waals surface area contributed by atoms with Crippen LogP contribution in [0, 0.1) is 6.04 Å². The lowest BCUT2D eigenvalue weighted by molar-refractivity contribution is 0.809. The van der Waals surface area contributed by atoms with E-state index in [-0.39, 0.29) is 0 Å². The molecular weight excluding hydrogens is 134 g/mol. The molecular formula is C10H12N. The fourth-order valence-electron chi connectivity index (χ4n) is 1.47. The number of nitrogens with one attached hydrogen (secondary N) is 1. The molecule has 1 heterocycles. The summed E-state index contributed by atoms with van der Waals surface area (Å²) in [7, 11) is 0. The quantitative estimate of drug-likeness (QED) is 0.593. The highest BCUT2D eigenvalue weighted by Crippen LogP contribution is 2.26. The number of hydrogen-bond donors (Lipinski definition) is 1. The highest BCUT2D eigenvalue weighted by molar-refractivity contribution is 5.55. The number of hydrogen-bond acceptors (Lipinski definition) is 1. The van der Waals surface area contributed by atoms with Gasteiger partial charge in [0.25, 0.3) is 0 Å². The fraction of sp³-hybridized carbons (Fsp3) is 0.300. The summed E-state index contributed by atoms with van der Waals surface area (Å²) < 4.78 is 0. The second-order valence-corrected chi connectivity index (χ2v) is 3.06. The topological polar surface area (TPSA) is 12.0 Å². The van der Waals surface area contributed by atoms with Crippen LogP contribution < -0.4 is 5.32 Å². The lowest BCUT2D eigenvalue weighted by Crippen LogP contribution is -2.14. The maximum absolute atomic E-state index is 3.38. The standard InChI is InChI=1S/C10H12N/c1-8-6-7-9-4-2-3-5-10(9)11-8/h2-5,11H,6-7H2,1H3. The van der Waals surface area contributed by atoms with Crippen molar-refractivity contribution in [3.8, 4) is 0 Å². The molecule has 1 heteroatoms. The summed E-state index contributed by atoms with van der Waals surface area (Å²) in [6.07, 6.45) is 2.37. The first-order chi connectivity index (χ1) is 5.36. The molecule has 0 aliphatic carbocycles. The monoisotopic (exact) mass is 146 g/mol. The van der Waals surface area contributed by atoms with Gasteiger partial charge < -0.3 is 5.32 Å². The first-order valence-electron chi connectivity index (χ1n) is 4.03. The maximum Gasteiger partial charge on any atom is 0.0575 e. The van der Waals surface area contributed by atoms with E-state index < -0.39 is 0 Å². The summed E-state index contributed by atoms with van der Waals surface area (Å²) in [6.45, 7) is 2.15. The summed E-state index contributed by atoms with van der Waals surface area (Å²) in [5.74, 6) is 0. The van der Waals surface area contributed by atoms with Crippen molar-refractivity contribution in [2.45, 2.75) is 19.8 Å². The predicted octanol–water partition coefficient (Wildman–Crippen LogP) is 2.60. The van der Waals surface area contributed by atoms with Gasteiger partial charge >= 0.3 is 0 Å². The highest BCUT2D eigenvalue weighted by atomic mass is 14.9. The van der Waals surface area contributed by atoms with Gasteiger partial charge in [-0.1, -0.05) is 18.2 Å². The number of benzene rings is 1. The van der Waals surface area contributed by atoms with Crippen LogP contribution >= 0.6 is 0 Å². The van der Waals surface area contributed by atoms with Crippen LogP contribution in [0.3, 0.4) is 0 Å². The fourth-order valence-corrected chi connectivity index (χ4v) is 1.47. The average molecular weight is 146 g/mol. The van der Waals surface area contributed by atoms with Gasteiger partial charge in [0, 0.05) is 5.69 Å². The van der Waals surface area contributed by atoms with Crippen molar-refractivity contribution in [2.75, 3.05) is 5.32 Å². The Morgan fingerprint density at radius 1 is 1.18 bits per heavy atom. The van der Waals surface area contributed by atoms with Crippen LogP contribution in [0.25, 0.3) is 0 Å². The largest absolute Gasteiger partial charge is 0.377 e. The Hall–Kier alpha value is -0.980. The first-order valence-corrected chi connectivity index (χ1v) is 4.03. The smallest absolute Gasteiger partial charge is 0.0575 e. The van der Waals surface area contributed by atoms with Crippen LogP contribution in [0.15, 0.2) is 24.3 Å². The van der Waals surface area contributed by atoms with Gasteiger partial charge in [0.15, 0.2) is 0 Å². The molecule has 1 aliphatic heterocycles. The van der Waals surface area contributed by atoms with Crippen molar-refractivity contribution in [1.82, 2.24) is 0 Å². The van der Waals surface area contributed by atoms with Crippen LogP contribution in [0.1, 0.15) is 18.9 Å². The molecule has 0 unspecified atom stereocenters. The molecule has 0 saturated heterocycles. The Morgan fingerprint density at radius 3 is 2.91 bits per heavy atom. The van der Waals surface area contributed by atoms with Gasteiger partial charge in [0.2, 0.25) is 0 Å². The molecule has 0 fully saturated rings. The first kappa shape index (κ1) is 6.71. The zero-order valence-electron chi connectivity index (χ0n) is 6.72. The van der Waals surface area contributed by atoms with E-state index in [0.717, 1.165) is 0 Å². The molecule has 1 N–H and O–H groups in total. The van der Waals surface area contributed by atoms with Crippen LogP contribution in [-0.2, 0) is 6.42 Å². The van der Waals surface area contributed by atoms with Crippen LogP contribution in [-0.4, -0.2) is 0 Å². The lowest BCUT2D eigenvalue weighted by Gasteiger charge is -2.22. The minimum Gasteiger partial charge on any atom is -0.377 e. The van der Waals surface area contributed by atoms with Gasteiger partial charge in [0.1, 0.15) is 0 Å². The minimum atomic E-state index is 1.18. The summed E-state index contributed by atoms with van der Waals surface area (Å²) in [5, 5.41) is 3.38. The van der Waals surface area contributed by atoms with Crippen molar-refractivity contribution in [1.29, 1.82) is 0 Å². The molecule has 0 spiro atoms. The minimum absolute atomic E-state index is 1.18. The highest BCUT2D eigenvalue weighted by Gasteiger charge is 2.12. The van der Waals surface area contributed by atoms with Gasteiger partial charge in [-0.25, -0.2) is 0 Å². The number of fused-ring (bicyclic) bond motifs is 1. The Kier molecular flexibility index (Phi) is 1.57. The average Bonchev–Trinajstić information content (AvgIpc) is 2.04. The van der Waals surface area contributed by atoms with Crippen LogP contribution in [0.2, 0.25) is 0 Å². The third-order valence-electron chi connectivity index (χ3n) is 2.13. The third-order valence-corrected chi connectivity index (χ3v) is 2.13. The molecule has 0 amide bonds. The maximum atomic E-state index is 3.38. The van der Waals surface area contributed by atoms with Gasteiger partial charge in [-0.05, 0) is 31.4 Å². The molecule has 1 nitrogen and oxygen atoms in total. The molecule has 11 heavy (non-hydrogen) atoms. The summed E-state index contributed by atoms with van der Waals surface area (Å²) in [6, 6.07) is 9.88. The van der Waals surface area contributed by atoms with E-state index in [0.29, 0.717) is 0 Å². The van der Waals surface area contributed by atoms with Gasteiger partial charge in [0.05, 0.1) is 6.04 Å². The van der Waals surface area contributed by atoms with E-state index in [2.05, 4.69) is 36.5 Å². The zero-order chi connectivity index (χ0) is 7.68. The molecule has 0 bridgehead atoms. The Labute approximate surface area is 67.4 Å². The normalized spacial score (nSPS) is 17.2. The summed E-state index contributed by atoms with van der Waals surface area (Å²) in [4.78, 5) is 0. The Morgan fingerprint density at radius 2 is 2.00 bits per heavy atom. The number of anilines is 1. The second kappa shape index (κ2) is 2.57. The van der Waals surface area contributed by atoms with Crippen molar-refractivity contribution in [3.63, 3.8) is 0 Å². The van der Waals surface area contributed by atoms with E-state index >= 15 is 0 Å². The molecule has 57 valence electrons. The molecule has 1 aromatic rings. The van der Waals surface area contributed by atoms with Crippen molar-refractivity contribution in [3.05, 3.63) is 35.9 Å². The van der Waals surface area contributed by atoms with Gasteiger partial charge in [-0.2, -0.15) is 0 Å². The van der Waals surface area contributed by atoms with E-state index in [1.807, 2.05) is 0 Å². The van der Waals surface area contributed by atoms with E-state index in [9.17, 15) is 0 Å². The molecule has 0 saturated carbocycles. The molecule has 1 aliphatic rings. The van der Waals surface area contributed by atoms with Crippen LogP contribution in [0.5, 0.6) is 0 Å². The predicted molar refractivity (Wildman–Crippen MR) is 47.3 cm³/mol. The lowest BCUT2D eigenvalue weighted by atomic mass is 9.99. The van der Waals surface area contributed by atoms with Crippen molar-refractivity contribution in [2.24, 2.45) is 0 Å². The zero-order valence-corrected chi connectivity index (χ0v) is 6.72. The summed E-state index contributed by atoms with van der Waals surface area (Å²) in [5.41, 5.74) is 2.73. The SMILES string of the molecule is C[C]1CCc2ccccc2N1. The van der Waals surface area contributed by atoms with Crippen molar-refractivity contribution >= 4 is 5.69 Å². The molecule has 2 rings (SSSR count). The second-order valence-electron chi connectivity index (χ2n) is 3.06. The number of aryl methyl sites for hydroxylation is 1. The molecule has 1 aromatic carbocycles. The van der Waals surface area contributed by atoms with E-state index in [1.165, 1.54) is 30.1 Å². The number of para-hydroxylation sites is 1. The summed E-state index contributed by atoms with van der Waals surface area (Å²) >= 11 is 0. The Balaban J connectivity index is 2.34. The van der Waals surface area contributed by atoms with Gasteiger partial charge in [-0.15, -0.1) is 0 Å². The van der Waals surface area contributed by atoms with Crippen LogP contribution in [0.4, 0.5) is 5.69 Å². The van der Waals surface area contributed by atoms with Gasteiger partial charge in [-0.3, -0.25) is 0 Å². The molecule has 0 aromatic heterocycles. The van der Waals surface area contributed by atoms with E-state index in [1.54, 1.807) is 0 Å². The Bertz CT molecular complexity index is 255.